The second-order valence-corrected chi connectivity index (χ2v) is 6.15. The molecule has 1 aliphatic heterocycles. The number of likely N-dealkylation sites (tertiary alicyclic amines) is 1. The summed E-state index contributed by atoms with van der Waals surface area (Å²) < 4.78 is 26.2. The van der Waals surface area contributed by atoms with Gasteiger partial charge in [-0.2, -0.15) is 0 Å². The molecule has 2 aliphatic rings. The van der Waals surface area contributed by atoms with Crippen molar-refractivity contribution in [3.8, 4) is 0 Å². The van der Waals surface area contributed by atoms with E-state index in [1.165, 1.54) is 0 Å². The van der Waals surface area contributed by atoms with Crippen LogP contribution in [0.2, 0.25) is 0 Å². The predicted molar refractivity (Wildman–Crippen MR) is 69.9 cm³/mol. The van der Waals surface area contributed by atoms with Crippen LogP contribution in [0, 0.1) is 11.8 Å². The topological polar surface area (TPSA) is 46.3 Å². The zero-order valence-corrected chi connectivity index (χ0v) is 11.6. The van der Waals surface area contributed by atoms with Crippen molar-refractivity contribution in [1.29, 1.82) is 0 Å². The van der Waals surface area contributed by atoms with Crippen LogP contribution in [0.5, 0.6) is 0 Å². The largest absolute Gasteiger partial charge is 0.342 e. The smallest absolute Gasteiger partial charge is 0.248 e. The van der Waals surface area contributed by atoms with E-state index in [2.05, 4.69) is 0 Å². The molecule has 1 saturated heterocycles. The van der Waals surface area contributed by atoms with Crippen molar-refractivity contribution in [3.63, 3.8) is 0 Å². The monoisotopic (exact) mass is 274 g/mol. The van der Waals surface area contributed by atoms with Gasteiger partial charge in [-0.1, -0.05) is 0 Å². The van der Waals surface area contributed by atoms with Crippen LogP contribution >= 0.6 is 0 Å². The molecule has 0 aromatic heterocycles. The Bertz CT molecular complexity index is 315. The molecule has 110 valence electrons. The molecule has 5 heteroatoms. The number of nitrogens with zero attached hydrogens (tertiary/aromatic N) is 1. The summed E-state index contributed by atoms with van der Waals surface area (Å²) in [4.78, 5) is 14.1. The molecule has 0 aromatic carbocycles. The van der Waals surface area contributed by atoms with Crippen LogP contribution in [-0.4, -0.2) is 35.9 Å². The van der Waals surface area contributed by atoms with Crippen LogP contribution in [0.15, 0.2) is 0 Å². The quantitative estimate of drug-likeness (QED) is 0.840. The van der Waals surface area contributed by atoms with Gasteiger partial charge in [0.1, 0.15) is 0 Å². The first-order chi connectivity index (χ1) is 8.89. The minimum atomic E-state index is -2.56. The number of halogens is 2. The fourth-order valence-corrected chi connectivity index (χ4v) is 3.19. The molecule has 1 unspecified atom stereocenters. The van der Waals surface area contributed by atoms with Gasteiger partial charge in [0, 0.05) is 37.9 Å². The van der Waals surface area contributed by atoms with E-state index in [4.69, 9.17) is 5.73 Å². The summed E-state index contributed by atoms with van der Waals surface area (Å²) in [6.45, 7) is 3.47. The fraction of sp³-hybridized carbons (Fsp3) is 0.929. The van der Waals surface area contributed by atoms with E-state index in [1.807, 2.05) is 11.8 Å². The standard InChI is InChI=1S/C14H24F2N2O/c1-10(17)11-4-8-18(9-5-11)13(19)12-2-6-14(15,16)7-3-12/h10-12H,2-9,17H2,1H3. The van der Waals surface area contributed by atoms with Crippen molar-refractivity contribution in [2.24, 2.45) is 17.6 Å². The Labute approximate surface area is 113 Å². The van der Waals surface area contributed by atoms with E-state index in [0.29, 0.717) is 18.8 Å². The van der Waals surface area contributed by atoms with Crippen molar-refractivity contribution in [2.75, 3.05) is 13.1 Å². The van der Waals surface area contributed by atoms with Gasteiger partial charge in [-0.15, -0.1) is 0 Å². The molecule has 1 atom stereocenters. The normalized spacial score (nSPS) is 27.3. The Morgan fingerprint density at radius 2 is 1.74 bits per heavy atom. The summed E-state index contributed by atoms with van der Waals surface area (Å²) in [5.74, 6) is -2.18. The third-order valence-electron chi connectivity index (χ3n) is 4.66. The number of carbonyl (C=O) groups is 1. The van der Waals surface area contributed by atoms with E-state index in [1.54, 1.807) is 0 Å². The number of nitrogens with two attached hydrogens (primary N) is 1. The summed E-state index contributed by atoms with van der Waals surface area (Å²) in [7, 11) is 0. The molecule has 1 heterocycles. The number of hydrogen-bond donors (Lipinski definition) is 1. The molecular formula is C14H24F2N2O. The molecule has 0 radical (unpaired) electrons. The number of amides is 1. The summed E-state index contributed by atoms with van der Waals surface area (Å²) >= 11 is 0. The Kier molecular flexibility index (Phi) is 4.43. The fourth-order valence-electron chi connectivity index (χ4n) is 3.19. The van der Waals surface area contributed by atoms with Crippen molar-refractivity contribution >= 4 is 5.91 Å². The van der Waals surface area contributed by atoms with Crippen LogP contribution in [-0.2, 0) is 4.79 Å². The average molecular weight is 274 g/mol. The number of hydrogen-bond acceptors (Lipinski definition) is 2. The lowest BCUT2D eigenvalue weighted by molar-refractivity contribution is -0.141. The minimum Gasteiger partial charge on any atom is -0.342 e. The third-order valence-corrected chi connectivity index (χ3v) is 4.66. The molecule has 0 aromatic rings. The first kappa shape index (κ1) is 14.7. The summed E-state index contributed by atoms with van der Waals surface area (Å²) in [5, 5.41) is 0. The molecule has 19 heavy (non-hydrogen) atoms. The van der Waals surface area contributed by atoms with Crippen molar-refractivity contribution in [1.82, 2.24) is 4.90 Å². The van der Waals surface area contributed by atoms with Crippen molar-refractivity contribution < 1.29 is 13.6 Å². The van der Waals surface area contributed by atoms with Crippen LogP contribution in [0.3, 0.4) is 0 Å². The lowest BCUT2D eigenvalue weighted by atomic mass is 9.84. The van der Waals surface area contributed by atoms with Gasteiger partial charge < -0.3 is 10.6 Å². The van der Waals surface area contributed by atoms with Gasteiger partial charge in [0.2, 0.25) is 11.8 Å². The van der Waals surface area contributed by atoms with E-state index in [-0.39, 0.29) is 30.7 Å². The van der Waals surface area contributed by atoms with Gasteiger partial charge in [-0.05, 0) is 38.5 Å². The number of carbonyl (C=O) groups excluding carboxylic acids is 1. The average Bonchev–Trinajstić information content (AvgIpc) is 2.38. The van der Waals surface area contributed by atoms with Gasteiger partial charge in [-0.3, -0.25) is 4.79 Å². The summed E-state index contributed by atoms with van der Waals surface area (Å²) in [6.07, 6.45) is 2.26. The molecule has 1 saturated carbocycles. The van der Waals surface area contributed by atoms with Crippen LogP contribution in [0.25, 0.3) is 0 Å². The molecule has 1 aliphatic carbocycles. The summed E-state index contributed by atoms with van der Waals surface area (Å²) in [5.41, 5.74) is 5.87. The van der Waals surface area contributed by atoms with Crippen LogP contribution in [0.1, 0.15) is 45.4 Å². The molecule has 2 rings (SSSR count). The van der Waals surface area contributed by atoms with E-state index >= 15 is 0 Å². The molecular weight excluding hydrogens is 250 g/mol. The maximum Gasteiger partial charge on any atom is 0.248 e. The first-order valence-corrected chi connectivity index (χ1v) is 7.31. The van der Waals surface area contributed by atoms with Gasteiger partial charge in [0.25, 0.3) is 0 Å². The third kappa shape index (κ3) is 3.65. The van der Waals surface area contributed by atoms with Gasteiger partial charge in [0.15, 0.2) is 0 Å². The number of rotatable bonds is 2. The predicted octanol–water partition coefficient (Wildman–Crippen LogP) is 2.40. The highest BCUT2D eigenvalue weighted by molar-refractivity contribution is 5.79. The lowest BCUT2D eigenvalue weighted by Gasteiger charge is -2.37. The highest BCUT2D eigenvalue weighted by Gasteiger charge is 2.39. The lowest BCUT2D eigenvalue weighted by Crippen LogP contribution is -2.45. The second kappa shape index (κ2) is 5.73. The maximum atomic E-state index is 13.1. The van der Waals surface area contributed by atoms with Gasteiger partial charge in [-0.25, -0.2) is 8.78 Å². The highest BCUT2D eigenvalue weighted by Crippen LogP contribution is 2.37. The SMILES string of the molecule is CC(N)C1CCN(C(=O)C2CCC(F)(F)CC2)CC1. The van der Waals surface area contributed by atoms with Crippen molar-refractivity contribution in [2.45, 2.75) is 57.4 Å². The van der Waals surface area contributed by atoms with E-state index in [9.17, 15) is 13.6 Å². The van der Waals surface area contributed by atoms with E-state index in [0.717, 1.165) is 25.9 Å². The number of alkyl halides is 2. The molecule has 0 spiro atoms. The van der Waals surface area contributed by atoms with Gasteiger partial charge in [0.05, 0.1) is 0 Å². The van der Waals surface area contributed by atoms with E-state index < -0.39 is 5.92 Å². The summed E-state index contributed by atoms with van der Waals surface area (Å²) in [6, 6.07) is 0.172. The number of piperidine rings is 1. The van der Waals surface area contributed by atoms with Crippen molar-refractivity contribution in [3.05, 3.63) is 0 Å². The zero-order valence-electron chi connectivity index (χ0n) is 11.6. The molecule has 3 nitrogen and oxygen atoms in total. The molecule has 1 amide bonds. The Balaban J connectivity index is 1.82. The molecule has 0 bridgehead atoms. The van der Waals surface area contributed by atoms with Crippen LogP contribution < -0.4 is 5.73 Å². The Morgan fingerprint density at radius 3 is 2.21 bits per heavy atom. The first-order valence-electron chi connectivity index (χ1n) is 7.31. The Hall–Kier alpha value is -0.710. The Morgan fingerprint density at radius 1 is 1.21 bits per heavy atom. The van der Waals surface area contributed by atoms with Crippen LogP contribution in [0.4, 0.5) is 8.78 Å². The zero-order chi connectivity index (χ0) is 14.0. The molecule has 2 fully saturated rings. The maximum absolute atomic E-state index is 13.1. The molecule has 2 N–H and O–H groups in total. The van der Waals surface area contributed by atoms with Gasteiger partial charge >= 0.3 is 0 Å². The highest BCUT2D eigenvalue weighted by atomic mass is 19.3. The minimum absolute atomic E-state index is 0.0821. The second-order valence-electron chi connectivity index (χ2n) is 6.15.